The van der Waals surface area contributed by atoms with Crippen molar-refractivity contribution in [2.45, 2.75) is 19.1 Å². The highest BCUT2D eigenvalue weighted by atomic mass is 16.5. The number of ether oxygens (including phenoxy) is 2. The van der Waals surface area contributed by atoms with E-state index in [2.05, 4.69) is 15.1 Å². The average Bonchev–Trinajstić information content (AvgIpc) is 2.97. The second kappa shape index (κ2) is 7.12. The number of nitrogens with one attached hydrogen (secondary N) is 1. The van der Waals surface area contributed by atoms with Crippen molar-refractivity contribution < 1.29 is 14.6 Å². The first-order valence-corrected chi connectivity index (χ1v) is 7.83. The normalized spacial score (nSPS) is 22.7. The Morgan fingerprint density at radius 3 is 2.91 bits per heavy atom. The molecule has 1 saturated heterocycles. The molecule has 1 aromatic heterocycles. The minimum atomic E-state index is -1.03. The predicted octanol–water partition coefficient (Wildman–Crippen LogP) is 1.36. The maximum absolute atomic E-state index is 10.8. The van der Waals surface area contributed by atoms with Crippen molar-refractivity contribution in [2.24, 2.45) is 0 Å². The average molecular weight is 317 g/mol. The van der Waals surface area contributed by atoms with E-state index < -0.39 is 5.60 Å². The lowest BCUT2D eigenvalue weighted by Gasteiger charge is -2.30. The van der Waals surface area contributed by atoms with Gasteiger partial charge in [0.05, 0.1) is 13.2 Å². The van der Waals surface area contributed by atoms with Crippen LogP contribution in [0.15, 0.2) is 36.5 Å². The molecule has 23 heavy (non-hydrogen) atoms. The molecule has 0 amide bonds. The first-order chi connectivity index (χ1) is 11.1. The molecule has 0 unspecified atom stereocenters. The number of aliphatic hydroxyl groups is 1. The number of H-pyrrole nitrogens is 1. The first-order valence-electron chi connectivity index (χ1n) is 7.83. The molecular formula is C17H23N3O3. The van der Waals surface area contributed by atoms with Gasteiger partial charge in [-0.1, -0.05) is 17.7 Å². The van der Waals surface area contributed by atoms with Crippen LogP contribution in [0, 0.1) is 6.92 Å². The van der Waals surface area contributed by atoms with Crippen LogP contribution in [0.2, 0.25) is 0 Å². The Balaban J connectivity index is 1.60. The Bertz CT molecular complexity index is 600. The maximum Gasteiger partial charge on any atom is 0.134 e. The molecule has 1 atom stereocenters. The van der Waals surface area contributed by atoms with Crippen LogP contribution < -0.4 is 4.74 Å². The van der Waals surface area contributed by atoms with Gasteiger partial charge in [-0.3, -0.25) is 10.00 Å². The van der Waals surface area contributed by atoms with Crippen LogP contribution in [-0.4, -0.2) is 58.7 Å². The third-order valence-corrected chi connectivity index (χ3v) is 3.92. The van der Waals surface area contributed by atoms with Crippen LogP contribution in [0.4, 0.5) is 0 Å². The summed E-state index contributed by atoms with van der Waals surface area (Å²) in [7, 11) is 0. The van der Waals surface area contributed by atoms with E-state index in [-0.39, 0.29) is 13.2 Å². The van der Waals surface area contributed by atoms with Crippen LogP contribution in [0.5, 0.6) is 5.75 Å². The fourth-order valence-electron chi connectivity index (χ4n) is 2.68. The predicted molar refractivity (Wildman–Crippen MR) is 86.3 cm³/mol. The Morgan fingerprint density at radius 2 is 2.17 bits per heavy atom. The molecule has 0 saturated carbocycles. The van der Waals surface area contributed by atoms with E-state index in [4.69, 9.17) is 9.47 Å². The molecule has 2 N–H and O–H groups in total. The van der Waals surface area contributed by atoms with Gasteiger partial charge in [0.1, 0.15) is 18.0 Å². The Labute approximate surface area is 136 Å². The van der Waals surface area contributed by atoms with Crippen LogP contribution in [0.25, 0.3) is 0 Å². The molecule has 3 rings (SSSR count). The number of aromatic amines is 1. The summed E-state index contributed by atoms with van der Waals surface area (Å²) in [6.45, 7) is 5.08. The molecule has 0 spiro atoms. The highest BCUT2D eigenvalue weighted by Gasteiger charge is 2.33. The van der Waals surface area contributed by atoms with Crippen molar-refractivity contribution in [3.63, 3.8) is 0 Å². The second-order valence-electron chi connectivity index (χ2n) is 6.17. The fourth-order valence-corrected chi connectivity index (χ4v) is 2.68. The molecule has 0 aliphatic carbocycles. The van der Waals surface area contributed by atoms with Gasteiger partial charge < -0.3 is 14.6 Å². The standard InChI is InChI=1S/C17H23N3O3/c1-14-2-4-16(5-3-14)23-13-17(21)11-20(8-9-22-12-17)10-15-6-7-18-19-15/h2-7,21H,8-13H2,1H3,(H,18,19)/t17-/m1/s1. The number of aryl methyl sites for hydroxylation is 1. The quantitative estimate of drug-likeness (QED) is 0.871. The van der Waals surface area contributed by atoms with Crippen molar-refractivity contribution in [3.05, 3.63) is 47.8 Å². The lowest BCUT2D eigenvalue weighted by atomic mass is 10.1. The van der Waals surface area contributed by atoms with E-state index in [1.807, 2.05) is 37.3 Å². The smallest absolute Gasteiger partial charge is 0.134 e. The third kappa shape index (κ3) is 4.54. The SMILES string of the molecule is Cc1ccc(OC[C@]2(O)COCCN(Cc3ccn[nH]3)C2)cc1. The van der Waals surface area contributed by atoms with E-state index in [0.717, 1.165) is 18.0 Å². The fraction of sp³-hybridized carbons (Fsp3) is 0.471. The topological polar surface area (TPSA) is 70.6 Å². The maximum atomic E-state index is 10.8. The molecule has 1 aliphatic heterocycles. The molecule has 0 bridgehead atoms. The number of aromatic nitrogens is 2. The van der Waals surface area contributed by atoms with Crippen LogP contribution in [0.3, 0.4) is 0 Å². The van der Waals surface area contributed by atoms with E-state index in [1.165, 1.54) is 5.56 Å². The molecule has 124 valence electrons. The monoisotopic (exact) mass is 317 g/mol. The molecule has 1 aliphatic rings. The van der Waals surface area contributed by atoms with E-state index >= 15 is 0 Å². The van der Waals surface area contributed by atoms with Gasteiger partial charge in [-0.25, -0.2) is 0 Å². The largest absolute Gasteiger partial charge is 0.490 e. The van der Waals surface area contributed by atoms with Crippen molar-refractivity contribution >= 4 is 0 Å². The van der Waals surface area contributed by atoms with Crippen molar-refractivity contribution in [2.75, 3.05) is 32.9 Å². The lowest BCUT2D eigenvalue weighted by molar-refractivity contribution is -0.0647. The molecule has 6 nitrogen and oxygen atoms in total. The number of nitrogens with zero attached hydrogens (tertiary/aromatic N) is 2. The minimum absolute atomic E-state index is 0.204. The summed E-state index contributed by atoms with van der Waals surface area (Å²) in [6, 6.07) is 9.76. The number of β-amino-alcohol motifs (C(OH)–C–C–N with tert-alkyl or cyclic N) is 1. The lowest BCUT2D eigenvalue weighted by Crippen LogP contribution is -2.48. The molecule has 2 aromatic rings. The van der Waals surface area contributed by atoms with Gasteiger partial charge in [-0.2, -0.15) is 5.10 Å². The van der Waals surface area contributed by atoms with Crippen LogP contribution in [0.1, 0.15) is 11.3 Å². The summed E-state index contributed by atoms with van der Waals surface area (Å²) in [4.78, 5) is 2.15. The number of benzene rings is 1. The minimum Gasteiger partial charge on any atom is -0.490 e. The number of rotatable bonds is 5. The molecule has 0 radical (unpaired) electrons. The van der Waals surface area contributed by atoms with Crippen molar-refractivity contribution in [3.8, 4) is 5.75 Å². The zero-order chi connectivity index (χ0) is 16.1. The van der Waals surface area contributed by atoms with Gasteiger partial charge >= 0.3 is 0 Å². The van der Waals surface area contributed by atoms with Crippen molar-refractivity contribution in [1.29, 1.82) is 0 Å². The van der Waals surface area contributed by atoms with Crippen LogP contribution in [-0.2, 0) is 11.3 Å². The van der Waals surface area contributed by atoms with E-state index in [9.17, 15) is 5.11 Å². The van der Waals surface area contributed by atoms with Gasteiger partial charge in [0, 0.05) is 31.5 Å². The zero-order valence-electron chi connectivity index (χ0n) is 13.4. The molecule has 1 aromatic carbocycles. The van der Waals surface area contributed by atoms with Gasteiger partial charge in [-0.05, 0) is 25.1 Å². The Morgan fingerprint density at radius 1 is 1.35 bits per heavy atom. The zero-order valence-corrected chi connectivity index (χ0v) is 13.4. The molecule has 2 heterocycles. The van der Waals surface area contributed by atoms with Crippen LogP contribution >= 0.6 is 0 Å². The van der Waals surface area contributed by atoms with E-state index in [0.29, 0.717) is 19.7 Å². The summed E-state index contributed by atoms with van der Waals surface area (Å²) in [6.07, 6.45) is 1.73. The summed E-state index contributed by atoms with van der Waals surface area (Å²) in [5.41, 5.74) is 1.18. The number of hydrogen-bond donors (Lipinski definition) is 2. The third-order valence-electron chi connectivity index (χ3n) is 3.92. The van der Waals surface area contributed by atoms with Gasteiger partial charge in [0.15, 0.2) is 0 Å². The Hall–Kier alpha value is -1.89. The summed E-state index contributed by atoms with van der Waals surface area (Å²) < 4.78 is 11.3. The van der Waals surface area contributed by atoms with Gasteiger partial charge in [0.2, 0.25) is 0 Å². The van der Waals surface area contributed by atoms with Gasteiger partial charge in [-0.15, -0.1) is 0 Å². The highest BCUT2D eigenvalue weighted by Crippen LogP contribution is 2.18. The summed E-state index contributed by atoms with van der Waals surface area (Å²) >= 11 is 0. The van der Waals surface area contributed by atoms with Gasteiger partial charge in [0.25, 0.3) is 0 Å². The van der Waals surface area contributed by atoms with E-state index in [1.54, 1.807) is 6.20 Å². The molecular weight excluding hydrogens is 294 g/mol. The second-order valence-corrected chi connectivity index (χ2v) is 6.17. The van der Waals surface area contributed by atoms with Crippen molar-refractivity contribution in [1.82, 2.24) is 15.1 Å². The Kier molecular flexibility index (Phi) is 4.95. The number of hydrogen-bond acceptors (Lipinski definition) is 5. The summed E-state index contributed by atoms with van der Waals surface area (Å²) in [5, 5.41) is 17.8. The molecule has 1 fully saturated rings. The highest BCUT2D eigenvalue weighted by molar-refractivity contribution is 5.26. The first kappa shape index (κ1) is 16.0. The molecule has 6 heteroatoms. The summed E-state index contributed by atoms with van der Waals surface area (Å²) in [5.74, 6) is 0.758.